The van der Waals surface area contributed by atoms with Crippen molar-refractivity contribution in [3.05, 3.63) is 36.2 Å². The fourth-order valence-corrected chi connectivity index (χ4v) is 3.26. The Morgan fingerprint density at radius 2 is 1.41 bits per heavy atom. The van der Waals surface area contributed by atoms with Crippen molar-refractivity contribution in [1.29, 1.82) is 0 Å². The van der Waals surface area contributed by atoms with Gasteiger partial charge in [-0.05, 0) is 24.3 Å². The highest BCUT2D eigenvalue weighted by molar-refractivity contribution is 9.09. The van der Waals surface area contributed by atoms with Crippen molar-refractivity contribution >= 4 is 26.8 Å². The number of alkyl halides is 1. The van der Waals surface area contributed by atoms with Crippen molar-refractivity contribution < 1.29 is 18.9 Å². The number of hydrogen-bond donors (Lipinski definition) is 0. The van der Waals surface area contributed by atoms with Crippen molar-refractivity contribution in [2.75, 3.05) is 33.8 Å². The van der Waals surface area contributed by atoms with Crippen LogP contribution in [-0.4, -0.2) is 43.7 Å². The summed E-state index contributed by atoms with van der Waals surface area (Å²) in [6, 6.07) is 9.51. The summed E-state index contributed by atoms with van der Waals surface area (Å²) in [5, 5.41) is 1.65. The normalized spacial score (nSPS) is 10.7. The van der Waals surface area contributed by atoms with Crippen LogP contribution in [0.5, 0.6) is 23.0 Å². The number of nitrogens with zero attached hydrogens (tertiary/aromatic N) is 2. The topological polar surface area (TPSA) is 62.7 Å². The first-order chi connectivity index (χ1) is 13.1. The molecule has 0 aliphatic heterocycles. The predicted molar refractivity (Wildman–Crippen MR) is 109 cm³/mol. The van der Waals surface area contributed by atoms with E-state index in [1.165, 1.54) is 0 Å². The fraction of sp³-hybridized carbons (Fsp3) is 0.300. The van der Waals surface area contributed by atoms with Crippen LogP contribution in [-0.2, 0) is 6.42 Å². The molecule has 0 spiro atoms. The van der Waals surface area contributed by atoms with Gasteiger partial charge in [0, 0.05) is 28.8 Å². The van der Waals surface area contributed by atoms with Gasteiger partial charge < -0.3 is 18.9 Å². The molecule has 7 heteroatoms. The van der Waals surface area contributed by atoms with Crippen LogP contribution in [0.25, 0.3) is 22.2 Å². The average Bonchev–Trinajstić information content (AvgIpc) is 2.71. The number of rotatable bonds is 7. The van der Waals surface area contributed by atoms with Crippen molar-refractivity contribution in [2.45, 2.75) is 6.42 Å². The zero-order valence-corrected chi connectivity index (χ0v) is 17.3. The second-order valence-corrected chi connectivity index (χ2v) is 6.51. The Hall–Kier alpha value is -2.54. The van der Waals surface area contributed by atoms with E-state index in [9.17, 15) is 0 Å². The molecule has 0 N–H and O–H groups in total. The Balaban J connectivity index is 2.29. The number of aryl methyl sites for hydroxylation is 1. The van der Waals surface area contributed by atoms with Gasteiger partial charge in [0.2, 0.25) is 0 Å². The van der Waals surface area contributed by atoms with Gasteiger partial charge in [-0.2, -0.15) is 0 Å². The maximum absolute atomic E-state index is 5.46. The van der Waals surface area contributed by atoms with Gasteiger partial charge in [-0.1, -0.05) is 15.9 Å². The molecule has 2 aromatic carbocycles. The first-order valence-electron chi connectivity index (χ1n) is 8.36. The number of halogens is 1. The van der Waals surface area contributed by atoms with Gasteiger partial charge in [0.25, 0.3) is 0 Å². The first kappa shape index (κ1) is 19.2. The molecule has 3 aromatic rings. The minimum Gasteiger partial charge on any atom is -0.493 e. The fourth-order valence-electron chi connectivity index (χ4n) is 2.90. The number of aromatic nitrogens is 2. The van der Waals surface area contributed by atoms with Gasteiger partial charge in [0.1, 0.15) is 5.82 Å². The van der Waals surface area contributed by atoms with Crippen LogP contribution in [0.4, 0.5) is 0 Å². The lowest BCUT2D eigenvalue weighted by atomic mass is 10.0. The van der Waals surface area contributed by atoms with Crippen molar-refractivity contribution in [3.63, 3.8) is 0 Å². The molecule has 0 atom stereocenters. The molecule has 0 aliphatic rings. The molecular weight excluding hydrogens is 412 g/mol. The summed E-state index contributed by atoms with van der Waals surface area (Å²) < 4.78 is 21.7. The molecule has 0 saturated heterocycles. The van der Waals surface area contributed by atoms with Gasteiger partial charge in [-0.3, -0.25) is 0 Å². The van der Waals surface area contributed by atoms with E-state index in [1.54, 1.807) is 28.4 Å². The maximum atomic E-state index is 5.46. The zero-order valence-electron chi connectivity index (χ0n) is 15.7. The Kier molecular flexibility index (Phi) is 6.01. The van der Waals surface area contributed by atoms with Crippen LogP contribution in [0.3, 0.4) is 0 Å². The lowest BCUT2D eigenvalue weighted by Crippen LogP contribution is -2.01. The summed E-state index contributed by atoms with van der Waals surface area (Å²) >= 11 is 3.46. The number of benzene rings is 2. The summed E-state index contributed by atoms with van der Waals surface area (Å²) in [6.07, 6.45) is 0.713. The Labute approximate surface area is 166 Å². The molecule has 0 fully saturated rings. The molecule has 6 nitrogen and oxygen atoms in total. The van der Waals surface area contributed by atoms with Crippen LogP contribution in [0.15, 0.2) is 30.3 Å². The van der Waals surface area contributed by atoms with Crippen molar-refractivity contribution in [1.82, 2.24) is 9.97 Å². The molecule has 0 unspecified atom stereocenters. The van der Waals surface area contributed by atoms with Crippen LogP contribution < -0.4 is 18.9 Å². The van der Waals surface area contributed by atoms with E-state index in [4.69, 9.17) is 23.9 Å². The molecule has 0 saturated carbocycles. The third-order valence-corrected chi connectivity index (χ3v) is 4.62. The molecule has 142 valence electrons. The summed E-state index contributed by atoms with van der Waals surface area (Å²) in [4.78, 5) is 9.47. The Morgan fingerprint density at radius 1 is 0.778 bits per heavy atom. The van der Waals surface area contributed by atoms with Gasteiger partial charge in [0.15, 0.2) is 23.0 Å². The van der Waals surface area contributed by atoms with E-state index in [2.05, 4.69) is 20.9 Å². The molecule has 1 aromatic heterocycles. The number of methoxy groups -OCH3 is 4. The highest BCUT2D eigenvalue weighted by Crippen LogP contribution is 2.38. The lowest BCUT2D eigenvalue weighted by Gasteiger charge is -2.14. The molecule has 27 heavy (non-hydrogen) atoms. The van der Waals surface area contributed by atoms with E-state index >= 15 is 0 Å². The smallest absolute Gasteiger partial charge is 0.162 e. The van der Waals surface area contributed by atoms with Crippen LogP contribution >= 0.6 is 15.9 Å². The summed E-state index contributed by atoms with van der Waals surface area (Å²) in [5.41, 5.74) is 2.50. The monoisotopic (exact) mass is 432 g/mol. The molecule has 1 heterocycles. The van der Waals surface area contributed by atoms with E-state index < -0.39 is 0 Å². The zero-order chi connectivity index (χ0) is 19.4. The van der Waals surface area contributed by atoms with Crippen molar-refractivity contribution in [2.24, 2.45) is 0 Å². The Morgan fingerprint density at radius 3 is 2.04 bits per heavy atom. The Bertz CT molecular complexity index is 962. The highest BCUT2D eigenvalue weighted by atomic mass is 79.9. The van der Waals surface area contributed by atoms with Crippen LogP contribution in [0.1, 0.15) is 5.82 Å². The number of hydrogen-bond acceptors (Lipinski definition) is 6. The average molecular weight is 433 g/mol. The molecule has 0 aliphatic carbocycles. The van der Waals surface area contributed by atoms with Gasteiger partial charge in [-0.15, -0.1) is 0 Å². The highest BCUT2D eigenvalue weighted by Gasteiger charge is 2.16. The molecule has 0 bridgehead atoms. The van der Waals surface area contributed by atoms with Crippen LogP contribution in [0, 0.1) is 0 Å². The largest absolute Gasteiger partial charge is 0.493 e. The van der Waals surface area contributed by atoms with Gasteiger partial charge in [0.05, 0.1) is 39.6 Å². The van der Waals surface area contributed by atoms with E-state index in [0.29, 0.717) is 29.4 Å². The van der Waals surface area contributed by atoms with E-state index in [-0.39, 0.29) is 0 Å². The minimum atomic E-state index is 0.628. The summed E-state index contributed by atoms with van der Waals surface area (Å²) in [7, 11) is 6.45. The molecule has 0 radical (unpaired) electrons. The van der Waals surface area contributed by atoms with Gasteiger partial charge >= 0.3 is 0 Å². The molecule has 3 rings (SSSR count). The maximum Gasteiger partial charge on any atom is 0.162 e. The van der Waals surface area contributed by atoms with Crippen molar-refractivity contribution in [3.8, 4) is 34.3 Å². The second kappa shape index (κ2) is 8.43. The molecule has 0 amide bonds. The number of ether oxygens (including phenoxy) is 4. The SMILES string of the molecule is COc1ccc(-c2nc(CCBr)nc3cc(OC)c(OC)cc23)cc1OC. The summed E-state index contributed by atoms with van der Waals surface area (Å²) in [6.45, 7) is 0. The standard InChI is InChI=1S/C20H21BrN2O4/c1-24-15-6-5-12(9-16(15)25-2)20-13-10-17(26-3)18(27-4)11-14(13)22-19(23-20)7-8-21/h5-6,9-11H,7-8H2,1-4H3. The lowest BCUT2D eigenvalue weighted by molar-refractivity contribution is 0.355. The summed E-state index contributed by atoms with van der Waals surface area (Å²) in [5.74, 6) is 3.32. The molecular formula is C20H21BrN2O4. The quantitative estimate of drug-likeness (QED) is 0.519. The number of fused-ring (bicyclic) bond motifs is 1. The van der Waals surface area contributed by atoms with E-state index in [0.717, 1.165) is 33.3 Å². The van der Waals surface area contributed by atoms with Gasteiger partial charge in [-0.25, -0.2) is 9.97 Å². The predicted octanol–water partition coefficient (Wildman–Crippen LogP) is 4.27. The van der Waals surface area contributed by atoms with E-state index in [1.807, 2.05) is 30.3 Å². The van der Waals surface area contributed by atoms with Crippen LogP contribution in [0.2, 0.25) is 0 Å². The third kappa shape index (κ3) is 3.78. The first-order valence-corrected chi connectivity index (χ1v) is 9.48. The second-order valence-electron chi connectivity index (χ2n) is 5.72. The minimum absolute atomic E-state index is 0.628. The third-order valence-electron chi connectivity index (χ3n) is 4.22.